The van der Waals surface area contributed by atoms with Gasteiger partial charge in [-0.3, -0.25) is 9.36 Å². The zero-order valence-electron chi connectivity index (χ0n) is 17.0. The van der Waals surface area contributed by atoms with E-state index in [1.807, 2.05) is 30.3 Å². The van der Waals surface area contributed by atoms with E-state index in [1.54, 1.807) is 4.57 Å². The summed E-state index contributed by atoms with van der Waals surface area (Å²) in [6.45, 7) is 1.52. The molecule has 0 saturated heterocycles. The van der Waals surface area contributed by atoms with E-state index in [4.69, 9.17) is 15.0 Å². The van der Waals surface area contributed by atoms with E-state index in [1.165, 1.54) is 23.7 Å². The molecule has 3 heterocycles. The molecule has 1 aliphatic rings. The van der Waals surface area contributed by atoms with Crippen LogP contribution in [-0.2, 0) is 6.42 Å². The molecule has 0 fully saturated rings. The number of hydrogen-bond donors (Lipinski definition) is 1. The van der Waals surface area contributed by atoms with Crippen molar-refractivity contribution in [2.45, 2.75) is 25.8 Å². The van der Waals surface area contributed by atoms with Crippen LogP contribution in [0.3, 0.4) is 0 Å². The van der Waals surface area contributed by atoms with Crippen molar-refractivity contribution in [1.82, 2.24) is 19.5 Å². The second kappa shape index (κ2) is 7.49. The Kier molecular flexibility index (Phi) is 4.62. The van der Waals surface area contributed by atoms with E-state index in [0.717, 1.165) is 18.1 Å². The van der Waals surface area contributed by atoms with E-state index < -0.39 is 11.7 Å². The Balaban J connectivity index is 1.46. The summed E-state index contributed by atoms with van der Waals surface area (Å²) in [7, 11) is 0. The van der Waals surface area contributed by atoms with Crippen LogP contribution >= 0.6 is 0 Å². The van der Waals surface area contributed by atoms with E-state index in [2.05, 4.69) is 10.3 Å². The third kappa shape index (κ3) is 3.16. The highest BCUT2D eigenvalue weighted by Crippen LogP contribution is 2.31. The lowest BCUT2D eigenvalue weighted by Crippen LogP contribution is -2.26. The second-order valence-electron chi connectivity index (χ2n) is 7.47. The van der Waals surface area contributed by atoms with Gasteiger partial charge in [-0.15, -0.1) is 5.10 Å². The largest absolute Gasteiger partial charge is 0.421 e. The summed E-state index contributed by atoms with van der Waals surface area (Å²) in [6, 6.07) is 13.6. The van der Waals surface area contributed by atoms with Gasteiger partial charge in [-0.1, -0.05) is 35.5 Å². The first-order valence-electron chi connectivity index (χ1n) is 9.93. The lowest BCUT2D eigenvalue weighted by molar-refractivity contribution is 0.0991. The number of ether oxygens (including phenoxy) is 1. The first-order valence-corrected chi connectivity index (χ1v) is 9.93. The maximum absolute atomic E-state index is 14.8. The van der Waals surface area contributed by atoms with Gasteiger partial charge in [-0.25, -0.2) is 9.18 Å². The molecule has 10 heteroatoms. The fourth-order valence-electron chi connectivity index (χ4n) is 3.91. The van der Waals surface area contributed by atoms with Crippen LogP contribution < -0.4 is 16.2 Å². The van der Waals surface area contributed by atoms with Gasteiger partial charge in [-0.2, -0.15) is 4.68 Å². The third-order valence-electron chi connectivity index (χ3n) is 5.50. The minimum atomic E-state index is -0.780. The second-order valence-corrected chi connectivity index (χ2v) is 7.47. The number of aryl methyl sites for hydroxylation is 1. The number of aromatic nitrogens is 4. The molecule has 2 aromatic heterocycles. The molecule has 0 radical (unpaired) electrons. The van der Waals surface area contributed by atoms with Crippen molar-refractivity contribution < 1.29 is 18.4 Å². The molecule has 0 unspecified atom stereocenters. The van der Waals surface area contributed by atoms with Gasteiger partial charge < -0.3 is 15.0 Å². The van der Waals surface area contributed by atoms with Crippen LogP contribution in [0.4, 0.5) is 4.39 Å². The third-order valence-corrected chi connectivity index (χ3v) is 5.50. The van der Waals surface area contributed by atoms with E-state index >= 15 is 0 Å². The monoisotopic (exact) mass is 435 g/mol. The molecular formula is C22H18FN5O4. The number of carbonyl (C=O) groups excluding carboxylic acids is 1. The molecule has 1 amide bonds. The van der Waals surface area contributed by atoms with E-state index in [0.29, 0.717) is 12.2 Å². The molecule has 162 valence electrons. The summed E-state index contributed by atoms with van der Waals surface area (Å²) >= 11 is 0. The van der Waals surface area contributed by atoms with E-state index in [9.17, 15) is 14.0 Å². The van der Waals surface area contributed by atoms with Crippen molar-refractivity contribution >= 4 is 5.91 Å². The van der Waals surface area contributed by atoms with Gasteiger partial charge in [0, 0.05) is 12.5 Å². The quantitative estimate of drug-likeness (QED) is 0.515. The zero-order chi connectivity index (χ0) is 22.4. The number of primary amides is 1. The zero-order valence-corrected chi connectivity index (χ0v) is 17.0. The van der Waals surface area contributed by atoms with Gasteiger partial charge in [-0.05, 0) is 31.0 Å². The molecule has 1 aliphatic heterocycles. The summed E-state index contributed by atoms with van der Waals surface area (Å²) in [5.74, 6) is -1.17. The normalized spacial score (nSPS) is 15.0. The minimum absolute atomic E-state index is 0.0934. The van der Waals surface area contributed by atoms with Gasteiger partial charge in [0.15, 0.2) is 17.3 Å². The Hall–Kier alpha value is -4.21. The first kappa shape index (κ1) is 19.7. The maximum atomic E-state index is 14.8. The Morgan fingerprint density at radius 1 is 1.25 bits per heavy atom. The van der Waals surface area contributed by atoms with Crippen molar-refractivity contribution in [2.75, 3.05) is 0 Å². The molecule has 2 N–H and O–H groups in total. The summed E-state index contributed by atoms with van der Waals surface area (Å²) in [6.07, 6.45) is 1.44. The summed E-state index contributed by atoms with van der Waals surface area (Å²) in [5.41, 5.74) is 6.32. The minimum Gasteiger partial charge on any atom is -0.421 e. The SMILES string of the molecule is Cc1c(C(N)=O)noc1Oc1ccc(-n2nc3n(c2=O)[C@H](c2ccccc2)CC3)cc1F. The number of benzene rings is 2. The fraction of sp³-hybridized carbons (Fsp3) is 0.182. The molecule has 0 saturated carbocycles. The molecule has 0 aliphatic carbocycles. The molecular weight excluding hydrogens is 417 g/mol. The molecule has 0 bridgehead atoms. The van der Waals surface area contributed by atoms with Crippen molar-refractivity contribution in [2.24, 2.45) is 5.73 Å². The number of hydrogen-bond acceptors (Lipinski definition) is 6. The summed E-state index contributed by atoms with van der Waals surface area (Å²) < 4.78 is 27.9. The number of nitrogens with two attached hydrogens (primary N) is 1. The number of carbonyl (C=O) groups is 1. The smallest absolute Gasteiger partial charge is 0.351 e. The van der Waals surface area contributed by atoms with E-state index in [-0.39, 0.29) is 40.4 Å². The van der Waals surface area contributed by atoms with Crippen molar-refractivity contribution in [3.05, 3.63) is 87.5 Å². The van der Waals surface area contributed by atoms with Crippen LogP contribution in [0.15, 0.2) is 57.8 Å². The molecule has 4 aromatic rings. The highest BCUT2D eigenvalue weighted by molar-refractivity contribution is 5.92. The Labute approximate surface area is 180 Å². The number of amides is 1. The van der Waals surface area contributed by atoms with Crippen LogP contribution in [0.2, 0.25) is 0 Å². The lowest BCUT2D eigenvalue weighted by Gasteiger charge is -2.12. The summed E-state index contributed by atoms with van der Waals surface area (Å²) in [5, 5.41) is 7.93. The Morgan fingerprint density at radius 2 is 2.03 bits per heavy atom. The van der Waals surface area contributed by atoms with Crippen molar-refractivity contribution in [1.29, 1.82) is 0 Å². The highest BCUT2D eigenvalue weighted by Gasteiger charge is 2.29. The highest BCUT2D eigenvalue weighted by atomic mass is 19.1. The van der Waals surface area contributed by atoms with Gasteiger partial charge >= 0.3 is 11.6 Å². The predicted molar refractivity (Wildman–Crippen MR) is 111 cm³/mol. The number of halogens is 1. The Morgan fingerprint density at radius 3 is 2.72 bits per heavy atom. The van der Waals surface area contributed by atoms with Crippen LogP contribution in [0.1, 0.15) is 39.9 Å². The van der Waals surface area contributed by atoms with Crippen LogP contribution in [-0.4, -0.2) is 25.4 Å². The molecule has 0 spiro atoms. The topological polar surface area (TPSA) is 118 Å². The van der Waals surface area contributed by atoms with Gasteiger partial charge in [0.2, 0.25) is 0 Å². The maximum Gasteiger partial charge on any atom is 0.351 e. The van der Waals surface area contributed by atoms with Crippen molar-refractivity contribution in [3.8, 4) is 17.4 Å². The standard InChI is InChI=1S/C22H18FN5O4/c1-12-19(20(24)29)26-32-21(12)31-17-9-7-14(11-15(17)23)28-22(30)27-16(8-10-18(27)25-28)13-5-3-2-4-6-13/h2-7,9,11,16H,8,10H2,1H3,(H2,24,29)/t16-/m0/s1. The van der Waals surface area contributed by atoms with Gasteiger partial charge in [0.05, 0.1) is 17.3 Å². The van der Waals surface area contributed by atoms with Crippen LogP contribution in [0.5, 0.6) is 11.7 Å². The number of rotatable bonds is 5. The lowest BCUT2D eigenvalue weighted by atomic mass is 10.1. The Bertz CT molecular complexity index is 1390. The van der Waals surface area contributed by atoms with Gasteiger partial charge in [0.1, 0.15) is 5.82 Å². The molecule has 9 nitrogen and oxygen atoms in total. The fourth-order valence-corrected chi connectivity index (χ4v) is 3.91. The van der Waals surface area contributed by atoms with Crippen LogP contribution in [0.25, 0.3) is 5.69 Å². The van der Waals surface area contributed by atoms with Gasteiger partial charge in [0.25, 0.3) is 5.91 Å². The van der Waals surface area contributed by atoms with Crippen molar-refractivity contribution in [3.63, 3.8) is 0 Å². The first-order chi connectivity index (χ1) is 15.4. The molecule has 32 heavy (non-hydrogen) atoms. The number of nitrogens with zero attached hydrogens (tertiary/aromatic N) is 4. The van der Waals surface area contributed by atoms with Crippen LogP contribution in [0, 0.1) is 12.7 Å². The number of fused-ring (bicyclic) bond motifs is 1. The average Bonchev–Trinajstić information content (AvgIpc) is 3.45. The molecule has 1 atom stereocenters. The predicted octanol–water partition coefficient (Wildman–Crippen LogP) is 2.90. The molecule has 5 rings (SSSR count). The summed E-state index contributed by atoms with van der Waals surface area (Å²) in [4.78, 5) is 24.4. The average molecular weight is 435 g/mol. The molecule has 2 aromatic carbocycles.